The van der Waals surface area contributed by atoms with Crippen LogP contribution in [0.3, 0.4) is 0 Å². The number of nitrogens with zero attached hydrogens (tertiary/aromatic N) is 4. The van der Waals surface area contributed by atoms with E-state index in [2.05, 4.69) is 19.7 Å². The van der Waals surface area contributed by atoms with Gasteiger partial charge in [-0.2, -0.15) is 0 Å². The number of aromatic nitrogens is 4. The molecule has 0 unspecified atom stereocenters. The van der Waals surface area contributed by atoms with Gasteiger partial charge in [0.25, 0.3) is 0 Å². The summed E-state index contributed by atoms with van der Waals surface area (Å²) in [5, 5.41) is 9.45. The summed E-state index contributed by atoms with van der Waals surface area (Å²) >= 11 is 1.61. The highest BCUT2D eigenvalue weighted by Crippen LogP contribution is 2.39. The van der Waals surface area contributed by atoms with Crippen LogP contribution in [-0.2, 0) is 12.8 Å². The molecule has 0 atom stereocenters. The third-order valence-corrected chi connectivity index (χ3v) is 4.48. The monoisotopic (exact) mass is 286 g/mol. The summed E-state index contributed by atoms with van der Waals surface area (Å²) in [7, 11) is 2.03. The minimum Gasteiger partial charge on any atom is -0.440 e. The van der Waals surface area contributed by atoms with Crippen molar-refractivity contribution >= 4 is 22.9 Å². The topological polar surface area (TPSA) is 56.7 Å². The fourth-order valence-electron chi connectivity index (χ4n) is 2.26. The summed E-state index contributed by atoms with van der Waals surface area (Å²) in [5.41, 5.74) is 1.74. The molecule has 1 saturated carbocycles. The van der Waals surface area contributed by atoms with E-state index in [0.717, 1.165) is 28.0 Å². The van der Waals surface area contributed by atoms with Crippen LogP contribution in [0.4, 0.5) is 0 Å². The van der Waals surface area contributed by atoms with Crippen LogP contribution in [0, 0.1) is 0 Å². The molecular formula is C14H14N4OS. The summed E-state index contributed by atoms with van der Waals surface area (Å²) < 4.78 is 7.80. The van der Waals surface area contributed by atoms with Crippen molar-refractivity contribution < 1.29 is 4.42 Å². The number of thioether (sulfide) groups is 1. The molecule has 1 aliphatic carbocycles. The molecule has 1 aromatic carbocycles. The van der Waals surface area contributed by atoms with Gasteiger partial charge in [0.05, 0.1) is 5.75 Å². The maximum atomic E-state index is 5.71. The molecule has 1 fully saturated rings. The van der Waals surface area contributed by atoms with E-state index in [9.17, 15) is 0 Å². The molecule has 0 radical (unpaired) electrons. The first kappa shape index (κ1) is 12.0. The lowest BCUT2D eigenvalue weighted by Gasteiger charge is -2.00. The van der Waals surface area contributed by atoms with Gasteiger partial charge >= 0.3 is 0 Å². The van der Waals surface area contributed by atoms with Crippen molar-refractivity contribution in [1.82, 2.24) is 19.7 Å². The van der Waals surface area contributed by atoms with Crippen LogP contribution in [0.5, 0.6) is 0 Å². The lowest BCUT2D eigenvalue weighted by molar-refractivity contribution is 0.555. The van der Waals surface area contributed by atoms with E-state index in [-0.39, 0.29) is 0 Å². The maximum Gasteiger partial charge on any atom is 0.205 e. The zero-order valence-corrected chi connectivity index (χ0v) is 11.9. The Kier molecular flexibility index (Phi) is 2.77. The van der Waals surface area contributed by atoms with Gasteiger partial charge in [-0.05, 0) is 25.0 Å². The molecular weight excluding hydrogens is 272 g/mol. The normalized spacial score (nSPS) is 15.1. The van der Waals surface area contributed by atoms with Crippen molar-refractivity contribution in [2.45, 2.75) is 29.7 Å². The highest BCUT2D eigenvalue weighted by Gasteiger charge is 2.29. The Balaban J connectivity index is 1.52. The molecule has 6 heteroatoms. The van der Waals surface area contributed by atoms with Crippen molar-refractivity contribution in [1.29, 1.82) is 0 Å². The van der Waals surface area contributed by atoms with Gasteiger partial charge in [-0.25, -0.2) is 4.98 Å². The van der Waals surface area contributed by atoms with E-state index in [0.29, 0.717) is 11.7 Å². The number of fused-ring (bicyclic) bond motifs is 1. The van der Waals surface area contributed by atoms with Gasteiger partial charge in [0.1, 0.15) is 11.3 Å². The third-order valence-electron chi connectivity index (χ3n) is 3.47. The number of benzene rings is 1. The standard InChI is InChI=1S/C14H14N4OS/c1-18-13(9-6-7-9)16-17-14(18)20-8-12-15-10-4-2-3-5-11(10)19-12/h2-5,9H,6-8H2,1H3. The molecule has 0 aliphatic heterocycles. The Morgan fingerprint density at radius 1 is 1.30 bits per heavy atom. The van der Waals surface area contributed by atoms with E-state index in [1.165, 1.54) is 12.8 Å². The minimum absolute atomic E-state index is 0.617. The van der Waals surface area contributed by atoms with Crippen molar-refractivity contribution in [2.24, 2.45) is 7.05 Å². The Bertz CT molecular complexity index is 726. The first-order valence-corrected chi connectivity index (χ1v) is 7.66. The van der Waals surface area contributed by atoms with Crippen LogP contribution in [0.15, 0.2) is 33.8 Å². The summed E-state index contributed by atoms with van der Waals surface area (Å²) in [6.07, 6.45) is 2.48. The number of para-hydroxylation sites is 2. The number of rotatable bonds is 4. The molecule has 0 N–H and O–H groups in total. The van der Waals surface area contributed by atoms with Gasteiger partial charge in [0, 0.05) is 13.0 Å². The Morgan fingerprint density at radius 2 is 2.15 bits per heavy atom. The minimum atomic E-state index is 0.617. The molecule has 1 aliphatic rings. The predicted molar refractivity (Wildman–Crippen MR) is 76.5 cm³/mol. The van der Waals surface area contributed by atoms with Crippen molar-refractivity contribution in [3.05, 3.63) is 36.0 Å². The number of hydrogen-bond donors (Lipinski definition) is 0. The second-order valence-electron chi connectivity index (χ2n) is 5.04. The van der Waals surface area contributed by atoms with Crippen molar-refractivity contribution in [3.63, 3.8) is 0 Å². The molecule has 5 nitrogen and oxygen atoms in total. The molecule has 0 spiro atoms. The molecule has 4 rings (SSSR count). The Morgan fingerprint density at radius 3 is 2.95 bits per heavy atom. The zero-order valence-electron chi connectivity index (χ0n) is 11.1. The van der Waals surface area contributed by atoms with Crippen LogP contribution in [0.1, 0.15) is 30.5 Å². The summed E-state index contributed by atoms with van der Waals surface area (Å²) in [6, 6.07) is 7.81. The zero-order chi connectivity index (χ0) is 13.5. The molecule has 3 aromatic rings. The smallest absolute Gasteiger partial charge is 0.205 e. The van der Waals surface area contributed by atoms with E-state index < -0.39 is 0 Å². The van der Waals surface area contributed by atoms with Crippen molar-refractivity contribution in [3.8, 4) is 0 Å². The Labute approximate surface area is 120 Å². The van der Waals surface area contributed by atoms with Crippen LogP contribution in [0.2, 0.25) is 0 Å². The van der Waals surface area contributed by atoms with Crippen LogP contribution in [-0.4, -0.2) is 19.7 Å². The molecule has 2 heterocycles. The van der Waals surface area contributed by atoms with E-state index in [1.54, 1.807) is 11.8 Å². The van der Waals surface area contributed by atoms with Crippen molar-refractivity contribution in [2.75, 3.05) is 0 Å². The Hall–Kier alpha value is -1.82. The number of oxazole rings is 1. The number of hydrogen-bond acceptors (Lipinski definition) is 5. The van der Waals surface area contributed by atoms with Gasteiger partial charge in [0.15, 0.2) is 10.7 Å². The second-order valence-corrected chi connectivity index (χ2v) is 5.98. The van der Waals surface area contributed by atoms with Gasteiger partial charge < -0.3 is 8.98 Å². The molecule has 20 heavy (non-hydrogen) atoms. The van der Waals surface area contributed by atoms with Gasteiger partial charge in [-0.15, -0.1) is 10.2 Å². The maximum absolute atomic E-state index is 5.71. The van der Waals surface area contributed by atoms with Gasteiger partial charge in [-0.1, -0.05) is 23.9 Å². The lowest BCUT2D eigenvalue weighted by atomic mass is 10.3. The largest absolute Gasteiger partial charge is 0.440 e. The first-order valence-electron chi connectivity index (χ1n) is 6.68. The highest BCUT2D eigenvalue weighted by atomic mass is 32.2. The lowest BCUT2D eigenvalue weighted by Crippen LogP contribution is -1.97. The average Bonchev–Trinajstić information content (AvgIpc) is 3.10. The quantitative estimate of drug-likeness (QED) is 0.690. The highest BCUT2D eigenvalue weighted by molar-refractivity contribution is 7.98. The predicted octanol–water partition coefficient (Wildman–Crippen LogP) is 3.13. The molecule has 0 amide bonds. The van der Waals surface area contributed by atoms with E-state index in [4.69, 9.17) is 4.42 Å². The SMILES string of the molecule is Cn1c(SCc2nc3ccccc3o2)nnc1C1CC1. The molecule has 102 valence electrons. The average molecular weight is 286 g/mol. The van der Waals surface area contributed by atoms with Gasteiger partial charge in [0.2, 0.25) is 5.89 Å². The van der Waals surface area contributed by atoms with Gasteiger partial charge in [-0.3, -0.25) is 0 Å². The van der Waals surface area contributed by atoms with Crippen LogP contribution >= 0.6 is 11.8 Å². The van der Waals surface area contributed by atoms with Crippen LogP contribution in [0.25, 0.3) is 11.1 Å². The summed E-state index contributed by atoms with van der Waals surface area (Å²) in [6.45, 7) is 0. The van der Waals surface area contributed by atoms with E-state index >= 15 is 0 Å². The fraction of sp³-hybridized carbons (Fsp3) is 0.357. The first-order chi connectivity index (χ1) is 9.81. The molecule has 0 saturated heterocycles. The van der Waals surface area contributed by atoms with Crippen LogP contribution < -0.4 is 0 Å². The summed E-state index contributed by atoms with van der Waals surface area (Å²) in [5.74, 6) is 3.12. The van der Waals surface area contributed by atoms with E-state index in [1.807, 2.05) is 31.3 Å². The molecule has 0 bridgehead atoms. The fourth-order valence-corrected chi connectivity index (χ4v) is 3.02. The molecule has 2 aromatic heterocycles. The second kappa shape index (κ2) is 4.63. The summed E-state index contributed by atoms with van der Waals surface area (Å²) in [4.78, 5) is 4.47. The third kappa shape index (κ3) is 2.10.